The Hall–Kier alpha value is -1.90. The zero-order valence-electron chi connectivity index (χ0n) is 16.1. The summed E-state index contributed by atoms with van der Waals surface area (Å²) in [7, 11) is 0.831. The fourth-order valence-corrected chi connectivity index (χ4v) is 2.80. The second-order valence-electron chi connectivity index (χ2n) is 7.30. The molecule has 8 heteroatoms. The molecular weight excluding hydrogens is 367 g/mol. The summed E-state index contributed by atoms with van der Waals surface area (Å²) in [5, 5.41) is 19.3. The van der Waals surface area contributed by atoms with E-state index in [1.54, 1.807) is 18.2 Å². The lowest BCUT2D eigenvalue weighted by atomic mass is 9.78. The SMILES string of the molecule is COc1cc(C=CC(=O)O)cc(C=C(CS)B2OC(C)(C)C(C)(C)O2)c1O. The highest BCUT2D eigenvalue weighted by Crippen LogP contribution is 2.40. The number of carbonyl (C=O) groups is 1. The van der Waals surface area contributed by atoms with Crippen LogP contribution in [0.4, 0.5) is 0 Å². The Morgan fingerprint density at radius 2 is 1.85 bits per heavy atom. The molecule has 0 unspecified atom stereocenters. The number of carboxylic acids is 1. The van der Waals surface area contributed by atoms with Gasteiger partial charge in [0, 0.05) is 17.4 Å². The standard InChI is InChI=1S/C19H25BO6S/c1-18(2)19(3,4)26-20(25-18)14(11-27)10-13-8-12(6-7-16(21)22)9-15(24-5)17(13)23/h6-10,23,27H,11H2,1-5H3,(H,21,22). The lowest BCUT2D eigenvalue weighted by molar-refractivity contribution is -0.131. The van der Waals surface area contributed by atoms with Crippen LogP contribution in [-0.4, -0.2) is 47.4 Å². The molecule has 0 aliphatic carbocycles. The van der Waals surface area contributed by atoms with Gasteiger partial charge in [-0.2, -0.15) is 12.6 Å². The van der Waals surface area contributed by atoms with Gasteiger partial charge in [-0.3, -0.25) is 0 Å². The molecule has 0 saturated carbocycles. The van der Waals surface area contributed by atoms with Crippen molar-refractivity contribution in [1.82, 2.24) is 0 Å². The second kappa shape index (κ2) is 8.00. The summed E-state index contributed by atoms with van der Waals surface area (Å²) in [5.74, 6) is -0.525. The molecule has 1 aliphatic heterocycles. The molecule has 1 aromatic rings. The van der Waals surface area contributed by atoms with E-state index in [9.17, 15) is 9.90 Å². The fourth-order valence-electron chi connectivity index (χ4n) is 2.56. The number of rotatable bonds is 6. The normalized spacial score (nSPS) is 18.9. The third-order valence-corrected chi connectivity index (χ3v) is 5.21. The summed E-state index contributed by atoms with van der Waals surface area (Å²) in [5.41, 5.74) is 0.773. The average Bonchev–Trinajstić information content (AvgIpc) is 2.80. The molecule has 146 valence electrons. The molecule has 0 radical (unpaired) electrons. The maximum atomic E-state index is 10.8. The van der Waals surface area contributed by atoms with Crippen LogP contribution in [0.15, 0.2) is 23.7 Å². The van der Waals surface area contributed by atoms with Crippen molar-refractivity contribution in [2.75, 3.05) is 12.9 Å². The number of aliphatic carboxylic acids is 1. The van der Waals surface area contributed by atoms with Crippen LogP contribution in [0.25, 0.3) is 12.2 Å². The van der Waals surface area contributed by atoms with E-state index in [1.165, 1.54) is 13.2 Å². The van der Waals surface area contributed by atoms with Gasteiger partial charge in [-0.1, -0.05) is 6.08 Å². The van der Waals surface area contributed by atoms with E-state index < -0.39 is 24.3 Å². The summed E-state index contributed by atoms with van der Waals surface area (Å²) < 4.78 is 17.3. The van der Waals surface area contributed by atoms with Crippen LogP contribution in [0, 0.1) is 0 Å². The third-order valence-electron chi connectivity index (χ3n) is 4.84. The molecule has 2 N–H and O–H groups in total. The Bertz CT molecular complexity index is 769. The lowest BCUT2D eigenvalue weighted by Gasteiger charge is -2.32. The highest BCUT2D eigenvalue weighted by molar-refractivity contribution is 7.80. The Labute approximate surface area is 165 Å². The first-order chi connectivity index (χ1) is 12.5. The first-order valence-corrected chi connectivity index (χ1v) is 9.13. The number of methoxy groups -OCH3 is 1. The molecule has 0 spiro atoms. The summed E-state index contributed by atoms with van der Waals surface area (Å²) >= 11 is 4.38. The molecule has 27 heavy (non-hydrogen) atoms. The smallest absolute Gasteiger partial charge is 0.491 e. The second-order valence-corrected chi connectivity index (χ2v) is 7.61. The highest BCUT2D eigenvalue weighted by atomic mass is 32.1. The van der Waals surface area contributed by atoms with Crippen molar-refractivity contribution in [3.8, 4) is 11.5 Å². The average molecular weight is 392 g/mol. The van der Waals surface area contributed by atoms with E-state index in [0.29, 0.717) is 16.9 Å². The Morgan fingerprint density at radius 3 is 2.33 bits per heavy atom. The summed E-state index contributed by atoms with van der Waals surface area (Å²) in [4.78, 5) is 10.8. The van der Waals surface area contributed by atoms with Crippen LogP contribution < -0.4 is 4.74 Å². The maximum Gasteiger partial charge on any atom is 0.491 e. The number of thiol groups is 1. The first kappa shape index (κ1) is 21.4. The van der Waals surface area contributed by atoms with Crippen LogP contribution in [0.5, 0.6) is 11.5 Å². The Balaban J connectivity index is 2.46. The van der Waals surface area contributed by atoms with Crippen molar-refractivity contribution in [2.24, 2.45) is 0 Å². The summed E-state index contributed by atoms with van der Waals surface area (Å²) in [6.45, 7) is 7.84. The predicted molar refractivity (Wildman–Crippen MR) is 109 cm³/mol. The predicted octanol–water partition coefficient (Wildman–Crippen LogP) is 3.44. The van der Waals surface area contributed by atoms with Crippen molar-refractivity contribution in [2.45, 2.75) is 38.9 Å². The molecule has 1 saturated heterocycles. The largest absolute Gasteiger partial charge is 0.504 e. The minimum absolute atomic E-state index is 0.0548. The Kier molecular flexibility index (Phi) is 6.34. The minimum Gasteiger partial charge on any atom is -0.504 e. The van der Waals surface area contributed by atoms with Crippen molar-refractivity contribution < 1.29 is 29.1 Å². The quantitative estimate of drug-likeness (QED) is 0.391. The van der Waals surface area contributed by atoms with Gasteiger partial charge in [0.05, 0.1) is 18.3 Å². The van der Waals surface area contributed by atoms with Gasteiger partial charge < -0.3 is 24.3 Å². The number of hydrogen-bond donors (Lipinski definition) is 3. The highest BCUT2D eigenvalue weighted by Gasteiger charge is 2.52. The third kappa shape index (κ3) is 4.69. The van der Waals surface area contributed by atoms with Gasteiger partial charge in [0.2, 0.25) is 0 Å². The van der Waals surface area contributed by atoms with E-state index >= 15 is 0 Å². The van der Waals surface area contributed by atoms with E-state index in [4.69, 9.17) is 19.2 Å². The lowest BCUT2D eigenvalue weighted by Crippen LogP contribution is -2.41. The number of hydrogen-bond acceptors (Lipinski definition) is 6. The van der Waals surface area contributed by atoms with Crippen LogP contribution in [-0.2, 0) is 14.1 Å². The summed E-state index contributed by atoms with van der Waals surface area (Å²) in [6.07, 6.45) is 4.18. The molecular formula is C19H25BO6S. The van der Waals surface area contributed by atoms with Gasteiger partial charge in [-0.25, -0.2) is 4.79 Å². The monoisotopic (exact) mass is 392 g/mol. The van der Waals surface area contributed by atoms with Crippen LogP contribution in [0.1, 0.15) is 38.8 Å². The molecule has 1 aromatic carbocycles. The van der Waals surface area contributed by atoms with Crippen LogP contribution >= 0.6 is 12.6 Å². The maximum absolute atomic E-state index is 10.8. The molecule has 0 amide bonds. The first-order valence-electron chi connectivity index (χ1n) is 8.49. The van der Waals surface area contributed by atoms with Crippen LogP contribution in [0.3, 0.4) is 0 Å². The van der Waals surface area contributed by atoms with Gasteiger partial charge in [0.1, 0.15) is 0 Å². The molecule has 0 atom stereocenters. The number of ether oxygens (including phenoxy) is 1. The van der Waals surface area contributed by atoms with Gasteiger partial charge in [-0.15, -0.1) is 0 Å². The van der Waals surface area contributed by atoms with Gasteiger partial charge >= 0.3 is 13.1 Å². The minimum atomic E-state index is -1.06. The molecule has 1 fully saturated rings. The number of aromatic hydroxyl groups is 1. The molecule has 1 aliphatic rings. The Morgan fingerprint density at radius 1 is 1.26 bits per heavy atom. The van der Waals surface area contributed by atoms with E-state index in [0.717, 1.165) is 11.5 Å². The number of phenols is 1. The van der Waals surface area contributed by atoms with E-state index in [-0.39, 0.29) is 11.5 Å². The van der Waals surface area contributed by atoms with Crippen molar-refractivity contribution in [3.63, 3.8) is 0 Å². The summed E-state index contributed by atoms with van der Waals surface area (Å²) in [6, 6.07) is 3.22. The van der Waals surface area contributed by atoms with E-state index in [2.05, 4.69) is 12.6 Å². The van der Waals surface area contributed by atoms with Crippen LogP contribution in [0.2, 0.25) is 0 Å². The molecule has 6 nitrogen and oxygen atoms in total. The molecule has 0 aromatic heterocycles. The van der Waals surface area contributed by atoms with E-state index in [1.807, 2.05) is 27.7 Å². The number of phenolic OH excluding ortho intramolecular Hbond substituents is 1. The van der Waals surface area contributed by atoms with Gasteiger partial charge in [-0.05, 0) is 56.9 Å². The zero-order valence-corrected chi connectivity index (χ0v) is 17.0. The van der Waals surface area contributed by atoms with Gasteiger partial charge in [0.15, 0.2) is 11.5 Å². The molecule has 0 bridgehead atoms. The van der Waals surface area contributed by atoms with Gasteiger partial charge in [0.25, 0.3) is 0 Å². The molecule has 1 heterocycles. The fraction of sp³-hybridized carbons (Fsp3) is 0.421. The molecule has 2 rings (SSSR count). The topological polar surface area (TPSA) is 85.2 Å². The van der Waals surface area contributed by atoms with Crippen molar-refractivity contribution in [3.05, 3.63) is 34.8 Å². The number of carboxylic acid groups (broad SMARTS) is 1. The van der Waals surface area contributed by atoms with Crippen molar-refractivity contribution >= 4 is 37.9 Å². The van der Waals surface area contributed by atoms with Crippen molar-refractivity contribution in [1.29, 1.82) is 0 Å². The number of benzene rings is 1. The zero-order chi connectivity index (χ0) is 20.4.